The van der Waals surface area contributed by atoms with Crippen molar-refractivity contribution in [1.29, 1.82) is 0 Å². The number of aromatic nitrogens is 2. The maximum atomic E-state index is 11.8. The molecule has 1 amide bonds. The van der Waals surface area contributed by atoms with Gasteiger partial charge in [0.2, 0.25) is 0 Å². The number of halogens is 1. The number of nitrogens with two attached hydrogens (primary N) is 1. The zero-order valence-corrected chi connectivity index (χ0v) is 11.6. The number of nitrogens with zero attached hydrogens (tertiary/aromatic N) is 3. The largest absolute Gasteiger partial charge is 0.343 e. The summed E-state index contributed by atoms with van der Waals surface area (Å²) < 4.78 is 1.58. The van der Waals surface area contributed by atoms with Gasteiger partial charge in [0.05, 0.1) is 10.7 Å². The monoisotopic (exact) mass is 278 g/mol. The highest BCUT2D eigenvalue weighted by Gasteiger charge is 2.14. The summed E-state index contributed by atoms with van der Waals surface area (Å²) in [6.45, 7) is 0.354. The predicted molar refractivity (Wildman–Crippen MR) is 74.5 cm³/mol. The van der Waals surface area contributed by atoms with Gasteiger partial charge in [-0.15, -0.1) is 0 Å². The van der Waals surface area contributed by atoms with Crippen LogP contribution in [0.15, 0.2) is 30.5 Å². The molecule has 0 bridgehead atoms. The lowest BCUT2D eigenvalue weighted by atomic mass is 10.2. The molecule has 0 atom stereocenters. The fourth-order valence-corrected chi connectivity index (χ4v) is 2.05. The lowest BCUT2D eigenvalue weighted by molar-refractivity contribution is 0.0821. The van der Waals surface area contributed by atoms with Crippen molar-refractivity contribution in [2.75, 3.05) is 14.1 Å². The van der Waals surface area contributed by atoms with Crippen molar-refractivity contribution in [3.05, 3.63) is 46.7 Å². The highest BCUT2D eigenvalue weighted by atomic mass is 35.5. The van der Waals surface area contributed by atoms with Crippen molar-refractivity contribution in [3.8, 4) is 5.69 Å². The minimum atomic E-state index is -0.153. The molecule has 1 aromatic carbocycles. The van der Waals surface area contributed by atoms with Crippen molar-refractivity contribution in [3.63, 3.8) is 0 Å². The molecule has 2 N–H and O–H groups in total. The smallest absolute Gasteiger partial charge is 0.273 e. The number of hydrogen-bond donors (Lipinski definition) is 1. The summed E-state index contributed by atoms with van der Waals surface area (Å²) in [6.07, 6.45) is 1.71. The Balaban J connectivity index is 2.47. The van der Waals surface area contributed by atoms with E-state index in [1.807, 2.05) is 12.1 Å². The van der Waals surface area contributed by atoms with E-state index in [0.29, 0.717) is 22.9 Å². The minimum Gasteiger partial charge on any atom is -0.343 e. The van der Waals surface area contributed by atoms with Gasteiger partial charge in [0.25, 0.3) is 5.91 Å². The molecule has 0 fully saturated rings. The van der Waals surface area contributed by atoms with Gasteiger partial charge in [0, 0.05) is 26.8 Å². The molecule has 0 saturated heterocycles. The van der Waals surface area contributed by atoms with E-state index in [4.69, 9.17) is 17.3 Å². The highest BCUT2D eigenvalue weighted by molar-refractivity contribution is 6.32. The standard InChI is InChI=1S/C13H15ClN4O/c1-17(2)13(19)11-6-7-18(16-11)12-9(8-15)4-3-5-10(12)14/h3-7H,8,15H2,1-2H3. The van der Waals surface area contributed by atoms with Crippen molar-refractivity contribution in [2.45, 2.75) is 6.54 Å². The number of amides is 1. The topological polar surface area (TPSA) is 64.2 Å². The van der Waals surface area contributed by atoms with Gasteiger partial charge in [0.1, 0.15) is 0 Å². The molecule has 0 spiro atoms. The Kier molecular flexibility index (Phi) is 3.87. The van der Waals surface area contributed by atoms with Crippen LogP contribution in [0.2, 0.25) is 5.02 Å². The zero-order valence-electron chi connectivity index (χ0n) is 10.8. The van der Waals surface area contributed by atoms with Gasteiger partial charge in [-0.1, -0.05) is 23.7 Å². The third-order valence-electron chi connectivity index (χ3n) is 2.73. The summed E-state index contributed by atoms with van der Waals surface area (Å²) in [5.41, 5.74) is 7.65. The van der Waals surface area contributed by atoms with E-state index >= 15 is 0 Å². The normalized spacial score (nSPS) is 10.5. The molecule has 0 saturated carbocycles. The van der Waals surface area contributed by atoms with E-state index < -0.39 is 0 Å². The number of rotatable bonds is 3. The quantitative estimate of drug-likeness (QED) is 0.929. The molecule has 1 heterocycles. The van der Waals surface area contributed by atoms with Gasteiger partial charge < -0.3 is 10.6 Å². The third-order valence-corrected chi connectivity index (χ3v) is 3.04. The average Bonchev–Trinajstić information content (AvgIpc) is 2.86. The van der Waals surface area contributed by atoms with Gasteiger partial charge in [-0.25, -0.2) is 4.68 Å². The Morgan fingerprint density at radius 3 is 2.79 bits per heavy atom. The maximum absolute atomic E-state index is 11.8. The Morgan fingerprint density at radius 2 is 2.16 bits per heavy atom. The molecular formula is C13H15ClN4O. The van der Waals surface area contributed by atoms with E-state index in [1.54, 1.807) is 37.1 Å². The Labute approximate surface area is 116 Å². The average molecular weight is 279 g/mol. The van der Waals surface area contributed by atoms with Gasteiger partial charge in [-0.05, 0) is 17.7 Å². The van der Waals surface area contributed by atoms with E-state index in [1.165, 1.54) is 4.90 Å². The Bertz CT molecular complexity index is 606. The predicted octanol–water partition coefficient (Wildman–Crippen LogP) is 1.69. The molecule has 6 heteroatoms. The highest BCUT2D eigenvalue weighted by Crippen LogP contribution is 2.24. The summed E-state index contributed by atoms with van der Waals surface area (Å²) >= 11 is 6.18. The third kappa shape index (κ3) is 2.62. The SMILES string of the molecule is CN(C)C(=O)c1ccn(-c2c(Cl)cccc2CN)n1. The van der Waals surface area contributed by atoms with Crippen LogP contribution in [0.25, 0.3) is 5.69 Å². The van der Waals surface area contributed by atoms with Crippen LogP contribution in [0.3, 0.4) is 0 Å². The molecule has 0 unspecified atom stereocenters. The summed E-state index contributed by atoms with van der Waals surface area (Å²) in [5.74, 6) is -0.153. The maximum Gasteiger partial charge on any atom is 0.273 e. The second-order valence-corrected chi connectivity index (χ2v) is 4.70. The van der Waals surface area contributed by atoms with Crippen LogP contribution in [0, 0.1) is 0 Å². The first-order valence-corrected chi connectivity index (χ1v) is 6.17. The Hall–Kier alpha value is -1.85. The number of carbonyl (C=O) groups is 1. The molecule has 100 valence electrons. The lowest BCUT2D eigenvalue weighted by Gasteiger charge is -2.10. The summed E-state index contributed by atoms with van der Waals surface area (Å²) in [4.78, 5) is 13.3. The summed E-state index contributed by atoms with van der Waals surface area (Å²) in [5, 5.41) is 4.81. The molecule has 1 aromatic heterocycles. The van der Waals surface area contributed by atoms with E-state index in [-0.39, 0.29) is 5.91 Å². The number of hydrogen-bond acceptors (Lipinski definition) is 3. The summed E-state index contributed by atoms with van der Waals surface area (Å²) in [6, 6.07) is 7.15. The molecule has 0 aliphatic rings. The van der Waals surface area contributed by atoms with Crippen LogP contribution in [0.1, 0.15) is 16.1 Å². The van der Waals surface area contributed by atoms with Gasteiger partial charge in [0.15, 0.2) is 5.69 Å². The van der Waals surface area contributed by atoms with E-state index in [9.17, 15) is 4.79 Å². The second-order valence-electron chi connectivity index (χ2n) is 4.30. The van der Waals surface area contributed by atoms with Crippen LogP contribution in [0.5, 0.6) is 0 Å². The van der Waals surface area contributed by atoms with Gasteiger partial charge in [-0.3, -0.25) is 4.79 Å². The molecular weight excluding hydrogens is 264 g/mol. The molecule has 19 heavy (non-hydrogen) atoms. The van der Waals surface area contributed by atoms with Crippen LogP contribution in [-0.4, -0.2) is 34.7 Å². The van der Waals surface area contributed by atoms with E-state index in [0.717, 1.165) is 5.56 Å². The molecule has 2 rings (SSSR count). The first-order chi connectivity index (χ1) is 9.04. The minimum absolute atomic E-state index is 0.153. The van der Waals surface area contributed by atoms with Crippen LogP contribution in [0.4, 0.5) is 0 Å². The zero-order chi connectivity index (χ0) is 14.0. The number of para-hydroxylation sites is 1. The first-order valence-electron chi connectivity index (χ1n) is 5.79. The van der Waals surface area contributed by atoms with Crippen molar-refractivity contribution >= 4 is 17.5 Å². The van der Waals surface area contributed by atoms with Crippen LogP contribution < -0.4 is 5.73 Å². The molecule has 0 radical (unpaired) electrons. The Morgan fingerprint density at radius 1 is 1.42 bits per heavy atom. The summed E-state index contributed by atoms with van der Waals surface area (Å²) in [7, 11) is 3.37. The van der Waals surface area contributed by atoms with Crippen LogP contribution >= 0.6 is 11.6 Å². The lowest BCUT2D eigenvalue weighted by Crippen LogP contribution is -2.22. The molecule has 0 aliphatic heterocycles. The second kappa shape index (κ2) is 5.42. The number of carbonyl (C=O) groups excluding carboxylic acids is 1. The van der Waals surface area contributed by atoms with Crippen LogP contribution in [-0.2, 0) is 6.54 Å². The molecule has 0 aliphatic carbocycles. The van der Waals surface area contributed by atoms with Crippen molar-refractivity contribution in [2.24, 2.45) is 5.73 Å². The van der Waals surface area contributed by atoms with Gasteiger partial charge in [-0.2, -0.15) is 5.10 Å². The van der Waals surface area contributed by atoms with E-state index in [2.05, 4.69) is 5.10 Å². The molecule has 2 aromatic rings. The van der Waals surface area contributed by atoms with Crippen molar-refractivity contribution < 1.29 is 4.79 Å². The van der Waals surface area contributed by atoms with Gasteiger partial charge >= 0.3 is 0 Å². The molecule has 5 nitrogen and oxygen atoms in total. The fraction of sp³-hybridized carbons (Fsp3) is 0.231. The van der Waals surface area contributed by atoms with Crippen molar-refractivity contribution in [1.82, 2.24) is 14.7 Å². The fourth-order valence-electron chi connectivity index (χ4n) is 1.77. The first kappa shape index (κ1) is 13.6. The number of benzene rings is 1.